The zero-order valence-corrected chi connectivity index (χ0v) is 13.4. The molecule has 0 heterocycles. The number of rotatable bonds is 13. The first-order valence-electron chi connectivity index (χ1n) is 8.53. The SMILES string of the molecule is CCCCCCCCC(NCCC)C(CC)CC. The van der Waals surface area contributed by atoms with Crippen molar-refractivity contribution in [1.29, 1.82) is 0 Å². The lowest BCUT2D eigenvalue weighted by Crippen LogP contribution is -2.36. The highest BCUT2D eigenvalue weighted by Gasteiger charge is 2.16. The molecule has 0 saturated heterocycles. The lowest BCUT2D eigenvalue weighted by molar-refractivity contribution is 0.309. The fraction of sp³-hybridized carbons (Fsp3) is 1.00. The molecule has 0 aromatic heterocycles. The summed E-state index contributed by atoms with van der Waals surface area (Å²) < 4.78 is 0. The van der Waals surface area contributed by atoms with Crippen molar-refractivity contribution in [2.45, 2.75) is 97.9 Å². The molecule has 1 heteroatoms. The van der Waals surface area contributed by atoms with Crippen molar-refractivity contribution >= 4 is 0 Å². The summed E-state index contributed by atoms with van der Waals surface area (Å²) in [6, 6.07) is 0.770. The van der Waals surface area contributed by atoms with E-state index in [0.29, 0.717) is 0 Å². The van der Waals surface area contributed by atoms with Crippen LogP contribution in [0.25, 0.3) is 0 Å². The summed E-state index contributed by atoms with van der Waals surface area (Å²) in [7, 11) is 0. The average molecular weight is 255 g/mol. The van der Waals surface area contributed by atoms with Gasteiger partial charge in [0, 0.05) is 6.04 Å². The highest BCUT2D eigenvalue weighted by Crippen LogP contribution is 2.19. The van der Waals surface area contributed by atoms with Gasteiger partial charge in [-0.25, -0.2) is 0 Å². The first kappa shape index (κ1) is 18.0. The van der Waals surface area contributed by atoms with E-state index in [0.717, 1.165) is 12.0 Å². The van der Waals surface area contributed by atoms with Crippen LogP contribution in [0.3, 0.4) is 0 Å². The molecule has 1 N–H and O–H groups in total. The molecule has 0 fully saturated rings. The molecule has 0 bridgehead atoms. The van der Waals surface area contributed by atoms with Crippen molar-refractivity contribution in [3.63, 3.8) is 0 Å². The molecule has 0 aliphatic carbocycles. The number of hydrogen-bond acceptors (Lipinski definition) is 1. The molecule has 18 heavy (non-hydrogen) atoms. The lowest BCUT2D eigenvalue weighted by atomic mass is 9.90. The second-order valence-corrected chi connectivity index (χ2v) is 5.69. The second-order valence-electron chi connectivity index (χ2n) is 5.69. The molecule has 0 aromatic rings. The van der Waals surface area contributed by atoms with Crippen LogP contribution in [0.15, 0.2) is 0 Å². The van der Waals surface area contributed by atoms with Crippen LogP contribution in [0.5, 0.6) is 0 Å². The maximum absolute atomic E-state index is 3.77. The first-order chi connectivity index (χ1) is 8.79. The third-order valence-corrected chi connectivity index (χ3v) is 4.14. The van der Waals surface area contributed by atoms with Gasteiger partial charge in [-0.1, -0.05) is 79.1 Å². The Morgan fingerprint density at radius 3 is 1.89 bits per heavy atom. The first-order valence-corrected chi connectivity index (χ1v) is 8.53. The molecule has 1 unspecified atom stereocenters. The summed E-state index contributed by atoms with van der Waals surface area (Å²) in [6.45, 7) is 10.4. The summed E-state index contributed by atoms with van der Waals surface area (Å²) in [5, 5.41) is 3.77. The highest BCUT2D eigenvalue weighted by molar-refractivity contribution is 4.74. The zero-order chi connectivity index (χ0) is 13.6. The molecule has 0 rings (SSSR count). The van der Waals surface area contributed by atoms with E-state index in [1.54, 1.807) is 0 Å². The Labute approximate surface area is 116 Å². The summed E-state index contributed by atoms with van der Waals surface area (Å²) in [4.78, 5) is 0. The summed E-state index contributed by atoms with van der Waals surface area (Å²) in [5.41, 5.74) is 0. The monoisotopic (exact) mass is 255 g/mol. The van der Waals surface area contributed by atoms with Gasteiger partial charge in [-0.2, -0.15) is 0 Å². The van der Waals surface area contributed by atoms with Crippen LogP contribution < -0.4 is 5.32 Å². The Morgan fingerprint density at radius 2 is 1.33 bits per heavy atom. The summed E-state index contributed by atoms with van der Waals surface area (Å²) in [5.74, 6) is 0.882. The second kappa shape index (κ2) is 13.4. The van der Waals surface area contributed by atoms with Crippen molar-refractivity contribution in [3.05, 3.63) is 0 Å². The van der Waals surface area contributed by atoms with Gasteiger partial charge in [-0.15, -0.1) is 0 Å². The zero-order valence-electron chi connectivity index (χ0n) is 13.4. The molecule has 1 atom stereocenters. The fourth-order valence-corrected chi connectivity index (χ4v) is 2.84. The van der Waals surface area contributed by atoms with Gasteiger partial charge < -0.3 is 5.32 Å². The van der Waals surface area contributed by atoms with E-state index >= 15 is 0 Å². The molecular weight excluding hydrogens is 218 g/mol. The normalized spacial score (nSPS) is 13.2. The Balaban J connectivity index is 3.78. The van der Waals surface area contributed by atoms with Crippen LogP contribution in [0.2, 0.25) is 0 Å². The molecule has 1 nitrogen and oxygen atoms in total. The average Bonchev–Trinajstić information content (AvgIpc) is 2.40. The van der Waals surface area contributed by atoms with Crippen LogP contribution >= 0.6 is 0 Å². The van der Waals surface area contributed by atoms with Crippen LogP contribution in [0, 0.1) is 5.92 Å². The van der Waals surface area contributed by atoms with Crippen LogP contribution in [0.1, 0.15) is 91.9 Å². The molecule has 0 aliphatic heterocycles. The molecule has 110 valence electrons. The Morgan fingerprint density at radius 1 is 0.722 bits per heavy atom. The Hall–Kier alpha value is -0.0400. The Bertz CT molecular complexity index is 152. The third kappa shape index (κ3) is 8.97. The van der Waals surface area contributed by atoms with Gasteiger partial charge in [-0.05, 0) is 25.3 Å². The summed E-state index contributed by atoms with van der Waals surface area (Å²) >= 11 is 0. The standard InChI is InChI=1S/C17H37N/c1-5-9-10-11-12-13-14-17(18-15-6-2)16(7-3)8-4/h16-18H,5-15H2,1-4H3. The van der Waals surface area contributed by atoms with E-state index < -0.39 is 0 Å². The molecular formula is C17H37N. The van der Waals surface area contributed by atoms with E-state index in [9.17, 15) is 0 Å². The van der Waals surface area contributed by atoms with Gasteiger partial charge in [0.05, 0.1) is 0 Å². The highest BCUT2D eigenvalue weighted by atomic mass is 14.9. The van der Waals surface area contributed by atoms with Gasteiger partial charge >= 0.3 is 0 Å². The molecule has 0 amide bonds. The van der Waals surface area contributed by atoms with E-state index in [4.69, 9.17) is 0 Å². The minimum atomic E-state index is 0.770. The predicted molar refractivity (Wildman–Crippen MR) is 84.1 cm³/mol. The van der Waals surface area contributed by atoms with Crippen molar-refractivity contribution in [2.75, 3.05) is 6.54 Å². The molecule has 0 spiro atoms. The van der Waals surface area contributed by atoms with Crippen molar-refractivity contribution in [3.8, 4) is 0 Å². The molecule has 0 radical (unpaired) electrons. The predicted octanol–water partition coefficient (Wildman–Crippen LogP) is 5.54. The topological polar surface area (TPSA) is 12.0 Å². The quantitative estimate of drug-likeness (QED) is 0.426. The molecule has 0 aliphatic rings. The fourth-order valence-electron chi connectivity index (χ4n) is 2.84. The van der Waals surface area contributed by atoms with Crippen molar-refractivity contribution in [1.82, 2.24) is 5.32 Å². The van der Waals surface area contributed by atoms with E-state index in [1.807, 2.05) is 0 Å². The minimum Gasteiger partial charge on any atom is -0.314 e. The minimum absolute atomic E-state index is 0.770. The lowest BCUT2D eigenvalue weighted by Gasteiger charge is -2.26. The van der Waals surface area contributed by atoms with E-state index in [1.165, 1.54) is 70.8 Å². The number of unbranched alkanes of at least 4 members (excludes halogenated alkanes) is 5. The van der Waals surface area contributed by atoms with Crippen LogP contribution in [-0.4, -0.2) is 12.6 Å². The van der Waals surface area contributed by atoms with Gasteiger partial charge in [0.15, 0.2) is 0 Å². The van der Waals surface area contributed by atoms with Crippen molar-refractivity contribution < 1.29 is 0 Å². The largest absolute Gasteiger partial charge is 0.314 e. The van der Waals surface area contributed by atoms with Crippen LogP contribution in [-0.2, 0) is 0 Å². The van der Waals surface area contributed by atoms with Gasteiger partial charge in [-0.3, -0.25) is 0 Å². The Kier molecular flexibility index (Phi) is 13.4. The third-order valence-electron chi connectivity index (χ3n) is 4.14. The smallest absolute Gasteiger partial charge is 0.00951 e. The summed E-state index contributed by atoms with van der Waals surface area (Å²) in [6.07, 6.45) is 13.8. The van der Waals surface area contributed by atoms with Gasteiger partial charge in [0.2, 0.25) is 0 Å². The van der Waals surface area contributed by atoms with Gasteiger partial charge in [0.1, 0.15) is 0 Å². The van der Waals surface area contributed by atoms with Crippen molar-refractivity contribution in [2.24, 2.45) is 5.92 Å². The number of hydrogen-bond donors (Lipinski definition) is 1. The van der Waals surface area contributed by atoms with Crippen LogP contribution in [0.4, 0.5) is 0 Å². The maximum atomic E-state index is 3.77. The molecule has 0 saturated carbocycles. The maximum Gasteiger partial charge on any atom is 0.00951 e. The molecule has 0 aromatic carbocycles. The van der Waals surface area contributed by atoms with Gasteiger partial charge in [0.25, 0.3) is 0 Å². The van der Waals surface area contributed by atoms with E-state index in [-0.39, 0.29) is 0 Å². The number of nitrogens with one attached hydrogen (secondary N) is 1. The van der Waals surface area contributed by atoms with E-state index in [2.05, 4.69) is 33.0 Å².